The summed E-state index contributed by atoms with van der Waals surface area (Å²) in [6.07, 6.45) is 0. The van der Waals surface area contributed by atoms with Crippen LogP contribution in [0, 0.1) is 17.6 Å². The van der Waals surface area contributed by atoms with Gasteiger partial charge in [-0.05, 0) is 25.0 Å². The number of ether oxygens (including phenoxy) is 1. The molecule has 0 aliphatic heterocycles. The summed E-state index contributed by atoms with van der Waals surface area (Å²) in [6, 6.07) is 3.07. The van der Waals surface area contributed by atoms with Crippen LogP contribution in [-0.2, 0) is 0 Å². The van der Waals surface area contributed by atoms with Gasteiger partial charge in [-0.1, -0.05) is 13.8 Å². The SMILES string of the molecule is CC(C)C(C)(O)COc1ccc(F)cc1F. The average molecular weight is 230 g/mol. The van der Waals surface area contributed by atoms with Crippen molar-refractivity contribution in [3.05, 3.63) is 29.8 Å². The monoisotopic (exact) mass is 230 g/mol. The molecule has 0 aliphatic rings. The molecule has 4 heteroatoms. The number of hydrogen-bond donors (Lipinski definition) is 1. The topological polar surface area (TPSA) is 29.5 Å². The van der Waals surface area contributed by atoms with Gasteiger partial charge < -0.3 is 9.84 Å². The highest BCUT2D eigenvalue weighted by atomic mass is 19.1. The minimum Gasteiger partial charge on any atom is -0.488 e. The van der Waals surface area contributed by atoms with Crippen molar-refractivity contribution in [3.63, 3.8) is 0 Å². The average Bonchev–Trinajstić information content (AvgIpc) is 2.16. The highest BCUT2D eigenvalue weighted by Crippen LogP contribution is 2.21. The van der Waals surface area contributed by atoms with Crippen LogP contribution in [0.3, 0.4) is 0 Å². The van der Waals surface area contributed by atoms with Crippen LogP contribution < -0.4 is 4.74 Å². The van der Waals surface area contributed by atoms with E-state index in [-0.39, 0.29) is 18.3 Å². The van der Waals surface area contributed by atoms with E-state index in [0.717, 1.165) is 12.1 Å². The molecule has 1 unspecified atom stereocenters. The van der Waals surface area contributed by atoms with Crippen molar-refractivity contribution < 1.29 is 18.6 Å². The minimum atomic E-state index is -1.04. The summed E-state index contributed by atoms with van der Waals surface area (Å²) in [5.74, 6) is -1.49. The van der Waals surface area contributed by atoms with E-state index in [1.807, 2.05) is 13.8 Å². The Bertz CT molecular complexity index is 362. The van der Waals surface area contributed by atoms with Gasteiger partial charge in [0, 0.05) is 6.07 Å². The number of rotatable bonds is 4. The van der Waals surface area contributed by atoms with Crippen LogP contribution in [0.1, 0.15) is 20.8 Å². The van der Waals surface area contributed by atoms with E-state index in [4.69, 9.17) is 4.74 Å². The second-order valence-electron chi connectivity index (χ2n) is 4.38. The summed E-state index contributed by atoms with van der Waals surface area (Å²) in [5.41, 5.74) is -1.04. The molecule has 0 spiro atoms. The van der Waals surface area contributed by atoms with Crippen LogP contribution in [-0.4, -0.2) is 17.3 Å². The number of halogens is 2. The van der Waals surface area contributed by atoms with Crippen LogP contribution >= 0.6 is 0 Å². The molecule has 1 atom stereocenters. The Hall–Kier alpha value is -1.16. The van der Waals surface area contributed by atoms with Crippen molar-refractivity contribution in [3.8, 4) is 5.75 Å². The maximum atomic E-state index is 13.2. The van der Waals surface area contributed by atoms with Crippen molar-refractivity contribution in [2.45, 2.75) is 26.4 Å². The third-order valence-electron chi connectivity index (χ3n) is 2.66. The molecular formula is C12H16F2O2. The molecule has 1 aromatic rings. The standard InChI is InChI=1S/C12H16F2O2/c1-8(2)12(3,15)7-16-11-5-4-9(13)6-10(11)14/h4-6,8,15H,7H2,1-3H3. The van der Waals surface area contributed by atoms with Gasteiger partial charge in [0.15, 0.2) is 11.6 Å². The van der Waals surface area contributed by atoms with Crippen molar-refractivity contribution in [1.29, 1.82) is 0 Å². The molecule has 0 amide bonds. The van der Waals surface area contributed by atoms with Gasteiger partial charge in [-0.15, -0.1) is 0 Å². The van der Waals surface area contributed by atoms with Crippen molar-refractivity contribution in [1.82, 2.24) is 0 Å². The van der Waals surface area contributed by atoms with E-state index >= 15 is 0 Å². The van der Waals surface area contributed by atoms with Crippen molar-refractivity contribution in [2.24, 2.45) is 5.92 Å². The smallest absolute Gasteiger partial charge is 0.167 e. The first-order valence-corrected chi connectivity index (χ1v) is 5.13. The largest absolute Gasteiger partial charge is 0.488 e. The van der Waals surface area contributed by atoms with E-state index in [1.165, 1.54) is 6.07 Å². The van der Waals surface area contributed by atoms with E-state index in [9.17, 15) is 13.9 Å². The molecule has 1 N–H and O–H groups in total. The summed E-state index contributed by atoms with van der Waals surface area (Å²) in [5, 5.41) is 9.88. The second-order valence-corrected chi connectivity index (χ2v) is 4.38. The predicted octanol–water partition coefficient (Wildman–Crippen LogP) is 2.75. The predicted molar refractivity (Wildman–Crippen MR) is 57.3 cm³/mol. The molecule has 0 radical (unpaired) electrons. The van der Waals surface area contributed by atoms with E-state index in [2.05, 4.69) is 0 Å². The Kier molecular flexibility index (Phi) is 3.86. The molecule has 0 aromatic heterocycles. The lowest BCUT2D eigenvalue weighted by Crippen LogP contribution is -2.37. The zero-order valence-corrected chi connectivity index (χ0v) is 9.63. The number of hydrogen-bond acceptors (Lipinski definition) is 2. The van der Waals surface area contributed by atoms with Gasteiger partial charge in [0.25, 0.3) is 0 Å². The first kappa shape index (κ1) is 12.9. The first-order chi connectivity index (χ1) is 7.33. The van der Waals surface area contributed by atoms with E-state index in [0.29, 0.717) is 0 Å². The molecule has 0 fully saturated rings. The molecule has 1 aromatic carbocycles. The van der Waals surface area contributed by atoms with Crippen LogP contribution in [0.15, 0.2) is 18.2 Å². The fraction of sp³-hybridized carbons (Fsp3) is 0.500. The fourth-order valence-corrected chi connectivity index (χ4v) is 0.983. The summed E-state index contributed by atoms with van der Waals surface area (Å²) in [4.78, 5) is 0. The molecule has 90 valence electrons. The molecule has 0 saturated heterocycles. The zero-order chi connectivity index (χ0) is 12.3. The van der Waals surface area contributed by atoms with E-state index in [1.54, 1.807) is 6.92 Å². The van der Waals surface area contributed by atoms with Gasteiger partial charge in [0.1, 0.15) is 12.4 Å². The van der Waals surface area contributed by atoms with Gasteiger partial charge in [-0.3, -0.25) is 0 Å². The summed E-state index contributed by atoms with van der Waals surface area (Å²) in [6.45, 7) is 5.25. The highest BCUT2D eigenvalue weighted by Gasteiger charge is 2.26. The summed E-state index contributed by atoms with van der Waals surface area (Å²) >= 11 is 0. The molecule has 0 saturated carbocycles. The minimum absolute atomic E-state index is 0.0176. The zero-order valence-electron chi connectivity index (χ0n) is 9.63. The molecule has 0 aliphatic carbocycles. The van der Waals surface area contributed by atoms with Crippen LogP contribution in [0.5, 0.6) is 5.75 Å². The molecule has 0 heterocycles. The molecule has 0 bridgehead atoms. The van der Waals surface area contributed by atoms with Gasteiger partial charge in [0.05, 0.1) is 5.60 Å². The maximum Gasteiger partial charge on any atom is 0.167 e. The molecular weight excluding hydrogens is 214 g/mol. The first-order valence-electron chi connectivity index (χ1n) is 5.13. The summed E-state index contributed by atoms with van der Waals surface area (Å²) in [7, 11) is 0. The number of aliphatic hydroxyl groups is 1. The normalized spacial score (nSPS) is 14.9. The van der Waals surface area contributed by atoms with Crippen LogP contribution in [0.4, 0.5) is 8.78 Å². The Balaban J connectivity index is 2.68. The quantitative estimate of drug-likeness (QED) is 0.861. The Morgan fingerprint density at radius 1 is 1.38 bits per heavy atom. The Morgan fingerprint density at radius 3 is 2.50 bits per heavy atom. The molecule has 16 heavy (non-hydrogen) atoms. The third kappa shape index (κ3) is 3.17. The third-order valence-corrected chi connectivity index (χ3v) is 2.66. The van der Waals surface area contributed by atoms with Crippen LogP contribution in [0.2, 0.25) is 0 Å². The van der Waals surface area contributed by atoms with Gasteiger partial charge in [0.2, 0.25) is 0 Å². The molecule has 2 nitrogen and oxygen atoms in total. The van der Waals surface area contributed by atoms with Gasteiger partial charge in [-0.25, -0.2) is 8.78 Å². The lowest BCUT2D eigenvalue weighted by atomic mass is 9.94. The van der Waals surface area contributed by atoms with Crippen molar-refractivity contribution in [2.75, 3.05) is 6.61 Å². The lowest BCUT2D eigenvalue weighted by molar-refractivity contribution is -0.0275. The highest BCUT2D eigenvalue weighted by molar-refractivity contribution is 5.24. The molecule has 1 rings (SSSR count). The van der Waals surface area contributed by atoms with E-state index < -0.39 is 17.2 Å². The number of benzene rings is 1. The Morgan fingerprint density at radius 2 is 2.00 bits per heavy atom. The van der Waals surface area contributed by atoms with Gasteiger partial charge in [-0.2, -0.15) is 0 Å². The van der Waals surface area contributed by atoms with Crippen LogP contribution in [0.25, 0.3) is 0 Å². The Labute approximate surface area is 93.9 Å². The second kappa shape index (κ2) is 4.78. The maximum absolute atomic E-state index is 13.2. The summed E-state index contributed by atoms with van der Waals surface area (Å²) < 4.78 is 30.9. The van der Waals surface area contributed by atoms with Gasteiger partial charge >= 0.3 is 0 Å². The van der Waals surface area contributed by atoms with Crippen molar-refractivity contribution >= 4 is 0 Å². The lowest BCUT2D eigenvalue weighted by Gasteiger charge is -2.27. The fourth-order valence-electron chi connectivity index (χ4n) is 0.983.